The molecule has 2 saturated heterocycles. The van der Waals surface area contributed by atoms with Crippen LogP contribution in [0.1, 0.15) is 98.5 Å². The summed E-state index contributed by atoms with van der Waals surface area (Å²) in [5, 5.41) is 32.4. The van der Waals surface area contributed by atoms with E-state index in [-0.39, 0.29) is 23.7 Å². The van der Waals surface area contributed by atoms with Crippen LogP contribution in [0, 0.1) is 26.6 Å². The van der Waals surface area contributed by atoms with Gasteiger partial charge in [0.2, 0.25) is 0 Å². The van der Waals surface area contributed by atoms with Crippen LogP contribution >= 0.6 is 11.3 Å². The van der Waals surface area contributed by atoms with Gasteiger partial charge in [-0.15, -0.1) is 21.5 Å². The summed E-state index contributed by atoms with van der Waals surface area (Å²) in [5.74, 6) is 2.64. The molecule has 11 rings (SSSR count). The number of halogens is 1. The minimum absolute atomic E-state index is 0.113. The van der Waals surface area contributed by atoms with E-state index < -0.39 is 5.60 Å². The molecule has 66 heavy (non-hydrogen) atoms. The number of hydrogen-bond donors (Lipinski definition) is 2. The molecule has 3 atom stereocenters. The van der Waals surface area contributed by atoms with Crippen LogP contribution in [0.3, 0.4) is 0 Å². The third-order valence-electron chi connectivity index (χ3n) is 14.7. The van der Waals surface area contributed by atoms with Crippen molar-refractivity contribution in [1.29, 1.82) is 0 Å². The van der Waals surface area contributed by atoms with Gasteiger partial charge in [0.25, 0.3) is 0 Å². The Morgan fingerprint density at radius 3 is 2.23 bits per heavy atom. The van der Waals surface area contributed by atoms with Gasteiger partial charge in [-0.05, 0) is 129 Å². The Morgan fingerprint density at radius 1 is 0.818 bits per heavy atom. The van der Waals surface area contributed by atoms with Crippen molar-refractivity contribution in [3.05, 3.63) is 171 Å². The van der Waals surface area contributed by atoms with E-state index in [1.807, 2.05) is 25.1 Å². The number of oxazole rings is 1. The number of benzene rings is 4. The number of aliphatic imine (C=N–C) groups is 1. The summed E-state index contributed by atoms with van der Waals surface area (Å²) < 4.78 is 21.8. The summed E-state index contributed by atoms with van der Waals surface area (Å²) in [6.45, 7) is 12.2. The summed E-state index contributed by atoms with van der Waals surface area (Å²) in [7, 11) is 0. The van der Waals surface area contributed by atoms with E-state index in [2.05, 4.69) is 103 Å². The van der Waals surface area contributed by atoms with Crippen LogP contribution < -0.4 is 9.80 Å². The number of phenolic OH excluding ortho intramolecular Hbond substituents is 1. The van der Waals surface area contributed by atoms with Gasteiger partial charge < -0.3 is 24.4 Å². The van der Waals surface area contributed by atoms with E-state index in [4.69, 9.17) is 9.41 Å². The molecule has 0 amide bonds. The quantitative estimate of drug-likeness (QED) is 0.146. The second kappa shape index (κ2) is 17.3. The van der Waals surface area contributed by atoms with Gasteiger partial charge in [-0.3, -0.25) is 14.5 Å². The van der Waals surface area contributed by atoms with E-state index >= 15 is 0 Å². The normalized spacial score (nSPS) is 20.6. The Bertz CT molecular complexity index is 2880. The van der Waals surface area contributed by atoms with Crippen molar-refractivity contribution in [1.82, 2.24) is 24.6 Å². The van der Waals surface area contributed by atoms with Crippen LogP contribution in [0.25, 0.3) is 5.00 Å². The van der Waals surface area contributed by atoms with Crippen LogP contribution in [-0.4, -0.2) is 92.0 Å². The maximum Gasteiger partial charge on any atom is 0.196 e. The minimum atomic E-state index is -0.733. The average Bonchev–Trinajstić information content (AvgIpc) is 4.04. The third-order valence-corrected chi connectivity index (χ3v) is 15.9. The van der Waals surface area contributed by atoms with Gasteiger partial charge in [-0.1, -0.05) is 42.5 Å². The fourth-order valence-electron chi connectivity index (χ4n) is 11.0. The molecule has 4 aromatic carbocycles. The Labute approximate surface area is 388 Å². The predicted octanol–water partition coefficient (Wildman–Crippen LogP) is 9.24. The van der Waals surface area contributed by atoms with E-state index in [1.54, 1.807) is 42.0 Å². The Kier molecular flexibility index (Phi) is 11.1. The predicted molar refractivity (Wildman–Crippen MR) is 257 cm³/mol. The lowest BCUT2D eigenvalue weighted by Gasteiger charge is -2.44. The number of anilines is 2. The first-order valence-electron chi connectivity index (χ1n) is 23.3. The molecule has 0 spiro atoms. The number of aromatic nitrogens is 4. The fourth-order valence-corrected chi connectivity index (χ4v) is 12.2. The van der Waals surface area contributed by atoms with Crippen LogP contribution in [0.4, 0.5) is 15.8 Å². The SMILES string of the molecule is Cc1sc2c(c1C)C(c1ccc(N3CCC(O)(CN4CCN(c5ccc([C@H]6c7ccc(O)cc7CC[C@H]6c6ccc(F)cc6)cc5)CC4)CC3)cc1)=N[C@@H](Cc1ncco1)c1nnc(C)n1-2. The first-order chi connectivity index (χ1) is 32.1. The average molecular weight is 903 g/mol. The summed E-state index contributed by atoms with van der Waals surface area (Å²) in [5.41, 5.74) is 10.7. The number of thiophene rings is 1. The molecule has 4 aliphatic rings. The van der Waals surface area contributed by atoms with Crippen molar-refractivity contribution in [2.24, 2.45) is 4.99 Å². The fraction of sp³-hybridized carbons (Fsp3) is 0.358. The molecule has 0 unspecified atom stereocenters. The number of piperidine rings is 1. The molecule has 13 heteroatoms. The number of nitrogens with zero attached hydrogens (tertiary/aromatic N) is 8. The lowest BCUT2D eigenvalue weighted by molar-refractivity contribution is -0.0173. The van der Waals surface area contributed by atoms with Gasteiger partial charge in [0, 0.05) is 79.1 Å². The second-order valence-corrected chi connectivity index (χ2v) is 19.9. The van der Waals surface area contributed by atoms with Crippen molar-refractivity contribution < 1.29 is 19.0 Å². The van der Waals surface area contributed by atoms with E-state index in [0.29, 0.717) is 37.4 Å². The van der Waals surface area contributed by atoms with Crippen molar-refractivity contribution >= 4 is 28.4 Å². The Hall–Kier alpha value is -6.15. The largest absolute Gasteiger partial charge is 0.508 e. The number of phenols is 1. The number of aryl methyl sites for hydroxylation is 3. The van der Waals surface area contributed by atoms with Gasteiger partial charge in [0.1, 0.15) is 34.7 Å². The van der Waals surface area contributed by atoms with Crippen molar-refractivity contribution in [3.8, 4) is 10.8 Å². The number of aromatic hydroxyl groups is 1. The highest BCUT2D eigenvalue weighted by Gasteiger charge is 2.37. The first kappa shape index (κ1) is 42.5. The number of hydrogen-bond acceptors (Lipinski definition) is 11. The number of piperazine rings is 1. The monoisotopic (exact) mass is 902 g/mol. The Balaban J connectivity index is 0.729. The molecule has 2 fully saturated rings. The number of β-amino-alcohol motifs (C(OH)–C–C–N with tert-alkyl or cyclic N) is 1. The van der Waals surface area contributed by atoms with Crippen molar-refractivity contribution in [2.45, 2.75) is 76.4 Å². The van der Waals surface area contributed by atoms with Gasteiger partial charge >= 0.3 is 0 Å². The zero-order valence-corrected chi connectivity index (χ0v) is 38.5. The summed E-state index contributed by atoms with van der Waals surface area (Å²) in [4.78, 5) is 18.3. The summed E-state index contributed by atoms with van der Waals surface area (Å²) in [6, 6.07) is 30.2. The molecule has 3 aromatic heterocycles. The first-order valence-corrected chi connectivity index (χ1v) is 24.1. The molecule has 11 nitrogen and oxygen atoms in total. The molecule has 2 N–H and O–H groups in total. The highest BCUT2D eigenvalue weighted by atomic mass is 32.1. The molecule has 6 heterocycles. The molecule has 0 radical (unpaired) electrons. The van der Waals surface area contributed by atoms with Gasteiger partial charge in [-0.2, -0.15) is 0 Å². The summed E-state index contributed by atoms with van der Waals surface area (Å²) in [6.07, 6.45) is 6.98. The molecule has 0 bridgehead atoms. The van der Waals surface area contributed by atoms with Gasteiger partial charge in [0.05, 0.1) is 23.9 Å². The molecule has 338 valence electrons. The number of rotatable bonds is 9. The zero-order chi connectivity index (χ0) is 45.1. The molecule has 7 aromatic rings. The van der Waals surface area contributed by atoms with Crippen LogP contribution in [0.2, 0.25) is 0 Å². The number of fused-ring (bicyclic) bond motifs is 4. The zero-order valence-electron chi connectivity index (χ0n) is 37.7. The topological polar surface area (TPSA) is 119 Å². The molecule has 1 aliphatic carbocycles. The lowest BCUT2D eigenvalue weighted by atomic mass is 9.69. The highest BCUT2D eigenvalue weighted by Crippen LogP contribution is 2.47. The molecular formula is C53H55FN8O3S. The Morgan fingerprint density at radius 2 is 1.52 bits per heavy atom. The second-order valence-electron chi connectivity index (χ2n) is 18.7. The van der Waals surface area contributed by atoms with Crippen molar-refractivity contribution in [3.63, 3.8) is 0 Å². The van der Waals surface area contributed by atoms with E-state index in [9.17, 15) is 14.6 Å². The lowest BCUT2D eigenvalue weighted by Crippen LogP contribution is -2.55. The van der Waals surface area contributed by atoms with Crippen molar-refractivity contribution in [2.75, 3.05) is 55.6 Å². The minimum Gasteiger partial charge on any atom is -0.508 e. The van der Waals surface area contributed by atoms with Gasteiger partial charge in [0.15, 0.2) is 11.7 Å². The van der Waals surface area contributed by atoms with E-state index in [0.717, 1.165) is 96.8 Å². The maximum atomic E-state index is 13.9. The number of aliphatic hydroxyl groups is 1. The van der Waals surface area contributed by atoms with Crippen LogP contribution in [0.15, 0.2) is 113 Å². The standard InChI is InChI=1S/C53H55FN8O3S/c1-33-34(2)66-52-48(33)50(56-46(31-47-55-22-29-65-47)51-58-57-35(3)62(51)52)38-8-15-41(16-9-38)60-23-20-53(64,21-24-60)32-59-25-27-61(28-26-59)42-13-6-37(7-14-42)49-44(36-4-11-40(54)12-5-36)18-10-39-30-43(63)17-19-45(39)49/h4-9,11-17,19,22,29-30,44,46,49,63-64H,10,18,20-21,23-28,31-32H2,1-3H3/t44-,46-,49+/m0/s1. The van der Waals surface area contributed by atoms with Crippen LogP contribution in [0.5, 0.6) is 5.75 Å². The highest BCUT2D eigenvalue weighted by molar-refractivity contribution is 7.15. The van der Waals surface area contributed by atoms with E-state index in [1.165, 1.54) is 32.8 Å². The molecule has 3 aliphatic heterocycles. The van der Waals surface area contributed by atoms with Gasteiger partial charge in [-0.25, -0.2) is 9.37 Å². The van der Waals surface area contributed by atoms with Crippen LogP contribution in [-0.2, 0) is 12.8 Å². The third kappa shape index (κ3) is 8.00. The summed E-state index contributed by atoms with van der Waals surface area (Å²) >= 11 is 1.75. The maximum absolute atomic E-state index is 13.9. The molecular weight excluding hydrogens is 848 g/mol. The smallest absolute Gasteiger partial charge is 0.196 e. The molecule has 0 saturated carbocycles.